The summed E-state index contributed by atoms with van der Waals surface area (Å²) in [6.07, 6.45) is -0.199. The molecule has 0 saturated carbocycles. The van der Waals surface area contributed by atoms with Gasteiger partial charge in [-0.25, -0.2) is 9.78 Å². The van der Waals surface area contributed by atoms with Gasteiger partial charge in [0.25, 0.3) is 5.56 Å². The van der Waals surface area contributed by atoms with Gasteiger partial charge in [0.1, 0.15) is 17.3 Å². The van der Waals surface area contributed by atoms with Crippen LogP contribution in [0.15, 0.2) is 23.0 Å². The fourth-order valence-electron chi connectivity index (χ4n) is 3.29. The Bertz CT molecular complexity index is 930. The number of carbonyl (C=O) groups is 1. The van der Waals surface area contributed by atoms with Gasteiger partial charge >= 0.3 is 6.09 Å². The predicted octanol–water partition coefficient (Wildman–Crippen LogP) is 1.38. The highest BCUT2D eigenvalue weighted by Gasteiger charge is 2.30. The number of hydrogen-bond donors (Lipinski definition) is 1. The van der Waals surface area contributed by atoms with Crippen LogP contribution in [0.4, 0.5) is 10.5 Å². The summed E-state index contributed by atoms with van der Waals surface area (Å²) in [4.78, 5) is 31.4. The van der Waals surface area contributed by atoms with E-state index < -0.39 is 6.09 Å². The summed E-state index contributed by atoms with van der Waals surface area (Å²) < 4.78 is 1.50. The van der Waals surface area contributed by atoms with Crippen LogP contribution in [0.2, 0.25) is 0 Å². The second-order valence-electron chi connectivity index (χ2n) is 6.09. The lowest BCUT2D eigenvalue weighted by molar-refractivity contribution is 0.134. The molecule has 1 fully saturated rings. The smallest absolute Gasteiger partial charge is 0.407 e. The van der Waals surface area contributed by atoms with Crippen LogP contribution >= 0.6 is 0 Å². The molecule has 8 heteroatoms. The number of pyridine rings is 2. The van der Waals surface area contributed by atoms with E-state index in [9.17, 15) is 14.7 Å². The fourth-order valence-corrected chi connectivity index (χ4v) is 3.29. The Hall–Kier alpha value is -3.08. The number of rotatable bonds is 2. The molecular weight excluding hydrogens is 322 g/mol. The number of fused-ring (bicyclic) bond motifs is 1. The molecule has 1 amide bonds. The number of piperazine rings is 1. The highest BCUT2D eigenvalue weighted by molar-refractivity contribution is 5.89. The minimum absolute atomic E-state index is 0.0484. The Balaban J connectivity index is 2.14. The molecule has 0 spiro atoms. The second kappa shape index (κ2) is 6.43. The molecule has 0 aliphatic carbocycles. The first-order valence-electron chi connectivity index (χ1n) is 8.11. The van der Waals surface area contributed by atoms with Crippen LogP contribution in [0.5, 0.6) is 0 Å². The number of aryl methyl sites for hydroxylation is 1. The van der Waals surface area contributed by atoms with E-state index in [4.69, 9.17) is 5.26 Å². The number of nitrogens with zero attached hydrogens (tertiary/aromatic N) is 5. The van der Waals surface area contributed by atoms with Gasteiger partial charge in [-0.3, -0.25) is 4.79 Å². The van der Waals surface area contributed by atoms with Gasteiger partial charge in [-0.15, -0.1) is 0 Å². The van der Waals surface area contributed by atoms with Crippen LogP contribution in [0.1, 0.15) is 19.0 Å². The topological polar surface area (TPSA) is 102 Å². The van der Waals surface area contributed by atoms with Gasteiger partial charge in [0.05, 0.1) is 11.2 Å². The van der Waals surface area contributed by atoms with Crippen molar-refractivity contribution >= 4 is 22.8 Å². The van der Waals surface area contributed by atoms with E-state index in [1.165, 1.54) is 15.5 Å². The fraction of sp³-hybridized carbons (Fsp3) is 0.412. The van der Waals surface area contributed by atoms with Crippen LogP contribution in [0, 0.1) is 11.3 Å². The van der Waals surface area contributed by atoms with Crippen molar-refractivity contribution < 1.29 is 9.90 Å². The lowest BCUT2D eigenvalue weighted by atomic mass is 10.1. The number of nitriles is 1. The maximum atomic E-state index is 12.4. The molecule has 3 rings (SSSR count). The molecule has 2 aromatic heterocycles. The van der Waals surface area contributed by atoms with Gasteiger partial charge in [0.2, 0.25) is 0 Å². The largest absolute Gasteiger partial charge is 0.465 e. The van der Waals surface area contributed by atoms with E-state index in [0.29, 0.717) is 36.4 Å². The molecule has 1 N–H and O–H groups in total. The molecule has 0 bridgehead atoms. The lowest BCUT2D eigenvalue weighted by Gasteiger charge is -2.41. The third-order valence-electron chi connectivity index (χ3n) is 4.72. The molecule has 1 atom stereocenters. The Kier molecular flexibility index (Phi) is 4.31. The zero-order valence-corrected chi connectivity index (χ0v) is 14.1. The maximum Gasteiger partial charge on any atom is 0.407 e. The van der Waals surface area contributed by atoms with E-state index in [2.05, 4.69) is 4.98 Å². The van der Waals surface area contributed by atoms with E-state index >= 15 is 0 Å². The third-order valence-corrected chi connectivity index (χ3v) is 4.72. The maximum absolute atomic E-state index is 12.4. The summed E-state index contributed by atoms with van der Waals surface area (Å²) in [6.45, 7) is 3.20. The van der Waals surface area contributed by atoms with Gasteiger partial charge in [0.15, 0.2) is 0 Å². The van der Waals surface area contributed by atoms with Crippen LogP contribution in [0.3, 0.4) is 0 Å². The van der Waals surface area contributed by atoms with Crippen LogP contribution in [0.25, 0.3) is 11.0 Å². The first-order chi connectivity index (χ1) is 12.0. The van der Waals surface area contributed by atoms with Crippen LogP contribution < -0.4 is 10.5 Å². The van der Waals surface area contributed by atoms with Crippen molar-refractivity contribution in [2.45, 2.75) is 19.4 Å². The summed E-state index contributed by atoms with van der Waals surface area (Å²) in [7, 11) is 1.67. The number of anilines is 1. The summed E-state index contributed by atoms with van der Waals surface area (Å²) in [5, 5.41) is 18.4. The van der Waals surface area contributed by atoms with Gasteiger partial charge in [-0.1, -0.05) is 6.92 Å². The Morgan fingerprint density at radius 3 is 2.84 bits per heavy atom. The first-order valence-corrected chi connectivity index (χ1v) is 8.11. The van der Waals surface area contributed by atoms with Crippen LogP contribution in [-0.4, -0.2) is 51.3 Å². The minimum atomic E-state index is -0.933. The monoisotopic (exact) mass is 341 g/mol. The molecule has 1 aliphatic rings. The summed E-state index contributed by atoms with van der Waals surface area (Å²) in [5.74, 6) is 0. The van der Waals surface area contributed by atoms with Gasteiger partial charge < -0.3 is 19.5 Å². The second-order valence-corrected chi connectivity index (χ2v) is 6.09. The van der Waals surface area contributed by atoms with Crippen molar-refractivity contribution in [2.75, 3.05) is 24.5 Å². The predicted molar refractivity (Wildman–Crippen MR) is 92.7 cm³/mol. The highest BCUT2D eigenvalue weighted by Crippen LogP contribution is 2.28. The Morgan fingerprint density at radius 1 is 1.44 bits per heavy atom. The molecule has 3 heterocycles. The van der Waals surface area contributed by atoms with E-state index in [1.807, 2.05) is 17.9 Å². The molecule has 130 valence electrons. The first kappa shape index (κ1) is 16.8. The third kappa shape index (κ3) is 2.89. The van der Waals surface area contributed by atoms with Crippen molar-refractivity contribution in [3.63, 3.8) is 0 Å². The van der Waals surface area contributed by atoms with Crippen molar-refractivity contribution in [1.82, 2.24) is 14.5 Å². The quantitative estimate of drug-likeness (QED) is 0.885. The van der Waals surface area contributed by atoms with Gasteiger partial charge in [-0.2, -0.15) is 5.26 Å². The van der Waals surface area contributed by atoms with Crippen molar-refractivity contribution in [2.24, 2.45) is 7.05 Å². The SMILES string of the molecule is CC[C@H]1CN(C(=O)O)CCN1c1cc(=O)n(C)c2ccc(C#N)nc12. The van der Waals surface area contributed by atoms with E-state index in [-0.39, 0.29) is 17.3 Å². The standard InChI is InChI=1S/C17H19N5O3/c1-3-12-10-21(17(24)25)6-7-22(12)14-8-15(23)20(2)13-5-4-11(9-18)19-16(13)14/h4-5,8,12H,3,6-7,10H2,1-2H3,(H,24,25)/t12-/m0/s1. The molecule has 0 radical (unpaired) electrons. The Morgan fingerprint density at radius 2 is 2.20 bits per heavy atom. The molecule has 1 aliphatic heterocycles. The molecule has 1 saturated heterocycles. The average molecular weight is 341 g/mol. The average Bonchev–Trinajstić information content (AvgIpc) is 2.63. The van der Waals surface area contributed by atoms with Crippen molar-refractivity contribution in [1.29, 1.82) is 5.26 Å². The normalized spacial score (nSPS) is 17.6. The molecule has 0 unspecified atom stereocenters. The zero-order chi connectivity index (χ0) is 18.1. The molecule has 8 nitrogen and oxygen atoms in total. The number of aromatic nitrogens is 2. The van der Waals surface area contributed by atoms with Crippen molar-refractivity contribution in [3.05, 3.63) is 34.2 Å². The Labute approximate surface area is 144 Å². The summed E-state index contributed by atoms with van der Waals surface area (Å²) in [6, 6.07) is 6.81. The number of amides is 1. The summed E-state index contributed by atoms with van der Waals surface area (Å²) >= 11 is 0. The zero-order valence-electron chi connectivity index (χ0n) is 14.1. The molecular formula is C17H19N5O3. The summed E-state index contributed by atoms with van der Waals surface area (Å²) in [5.41, 5.74) is 2.02. The minimum Gasteiger partial charge on any atom is -0.465 e. The molecule has 25 heavy (non-hydrogen) atoms. The van der Waals surface area contributed by atoms with Crippen LogP contribution in [-0.2, 0) is 7.05 Å². The van der Waals surface area contributed by atoms with Gasteiger partial charge in [-0.05, 0) is 18.6 Å². The van der Waals surface area contributed by atoms with Gasteiger partial charge in [0, 0.05) is 38.8 Å². The van der Waals surface area contributed by atoms with Crippen molar-refractivity contribution in [3.8, 4) is 6.07 Å². The molecule has 0 aromatic carbocycles. The highest BCUT2D eigenvalue weighted by atomic mass is 16.4. The number of carboxylic acid groups (broad SMARTS) is 1. The molecule has 2 aromatic rings. The number of hydrogen-bond acceptors (Lipinski definition) is 5. The lowest BCUT2D eigenvalue weighted by Crippen LogP contribution is -2.54. The van der Waals surface area contributed by atoms with E-state index in [1.54, 1.807) is 19.2 Å². The van der Waals surface area contributed by atoms with E-state index in [0.717, 1.165) is 6.42 Å².